The average molecular weight is 268 g/mol. The molecule has 1 rings (SSSR count). The molecule has 0 aliphatic carbocycles. The summed E-state index contributed by atoms with van der Waals surface area (Å²) in [6.45, 7) is 0. The topological polar surface area (TPSA) is 129 Å². The fourth-order valence-corrected chi connectivity index (χ4v) is 1.74. The molecule has 7 nitrogen and oxygen atoms in total. The second-order valence-corrected chi connectivity index (χ2v) is 4.08. The van der Waals surface area contributed by atoms with Crippen LogP contribution in [0.4, 0.5) is 0 Å². The molecule has 0 amide bonds. The summed E-state index contributed by atoms with van der Waals surface area (Å²) in [6, 6.07) is 3.62. The first kappa shape index (κ1) is 16.1. The zero-order chi connectivity index (χ0) is 12.5. The standard InChI is InChI=1S/C8H5O7S.Na/c9-7(10)4-2-1-3-5(16(13,14)15)6(4)8(11)12;/h2-3H,(H,9,10)(H,11,12)(H,13,14,15);/q-1;+1. The second-order valence-electron chi connectivity index (χ2n) is 2.69. The Morgan fingerprint density at radius 2 is 1.65 bits per heavy atom. The number of carboxylic acid groups (broad SMARTS) is 2. The molecule has 0 spiro atoms. The molecule has 0 saturated carbocycles. The van der Waals surface area contributed by atoms with Crippen LogP contribution in [0.3, 0.4) is 0 Å². The van der Waals surface area contributed by atoms with E-state index in [2.05, 4.69) is 6.07 Å². The van der Waals surface area contributed by atoms with Gasteiger partial charge >= 0.3 is 35.5 Å². The van der Waals surface area contributed by atoms with Crippen LogP contribution < -0.4 is 29.6 Å². The van der Waals surface area contributed by atoms with E-state index < -0.39 is 38.1 Å². The molecule has 0 aliphatic heterocycles. The van der Waals surface area contributed by atoms with Crippen LogP contribution >= 0.6 is 0 Å². The first-order chi connectivity index (χ1) is 7.25. The van der Waals surface area contributed by atoms with Gasteiger partial charge in [0.1, 0.15) is 0 Å². The van der Waals surface area contributed by atoms with E-state index >= 15 is 0 Å². The van der Waals surface area contributed by atoms with E-state index in [1.54, 1.807) is 0 Å². The summed E-state index contributed by atoms with van der Waals surface area (Å²) in [6.07, 6.45) is 0. The van der Waals surface area contributed by atoms with E-state index in [-0.39, 0.29) is 29.6 Å². The minimum atomic E-state index is -4.81. The molecule has 9 heteroatoms. The minimum absolute atomic E-state index is 0. The number of hydrogen-bond donors (Lipinski definition) is 3. The molecule has 17 heavy (non-hydrogen) atoms. The first-order valence-corrected chi connectivity index (χ1v) is 5.17. The summed E-state index contributed by atoms with van der Waals surface area (Å²) >= 11 is 0. The third-order valence-electron chi connectivity index (χ3n) is 1.68. The van der Waals surface area contributed by atoms with E-state index in [1.165, 1.54) is 0 Å². The van der Waals surface area contributed by atoms with Gasteiger partial charge in [0.15, 0.2) is 0 Å². The Hall–Kier alpha value is -0.930. The van der Waals surface area contributed by atoms with Gasteiger partial charge in [-0.15, -0.1) is 0 Å². The first-order valence-electron chi connectivity index (χ1n) is 3.73. The van der Waals surface area contributed by atoms with Gasteiger partial charge in [-0.1, -0.05) is 0 Å². The van der Waals surface area contributed by atoms with Crippen LogP contribution in [-0.2, 0) is 10.1 Å². The average Bonchev–Trinajstić information content (AvgIpc) is 2.14. The van der Waals surface area contributed by atoms with Gasteiger partial charge in [0.2, 0.25) is 10.1 Å². The van der Waals surface area contributed by atoms with E-state index in [0.717, 1.165) is 6.07 Å². The Morgan fingerprint density at radius 1 is 1.12 bits per heavy atom. The van der Waals surface area contributed by atoms with Crippen LogP contribution in [0.15, 0.2) is 17.0 Å². The van der Waals surface area contributed by atoms with Gasteiger partial charge in [-0.25, -0.2) is 13.2 Å². The molecule has 0 unspecified atom stereocenters. The van der Waals surface area contributed by atoms with Crippen molar-refractivity contribution in [2.75, 3.05) is 0 Å². The molecule has 0 radical (unpaired) electrons. The number of benzene rings is 1. The van der Waals surface area contributed by atoms with E-state index in [0.29, 0.717) is 6.07 Å². The van der Waals surface area contributed by atoms with Gasteiger partial charge in [-0.2, -0.15) is 18.2 Å². The Morgan fingerprint density at radius 3 is 2.00 bits per heavy atom. The zero-order valence-corrected chi connectivity index (χ0v) is 11.4. The van der Waals surface area contributed by atoms with Crippen molar-refractivity contribution in [1.29, 1.82) is 0 Å². The summed E-state index contributed by atoms with van der Waals surface area (Å²) in [4.78, 5) is 20.4. The Bertz CT molecular complexity index is 563. The zero-order valence-electron chi connectivity index (χ0n) is 8.54. The summed E-state index contributed by atoms with van der Waals surface area (Å²) < 4.78 is 30.3. The Balaban J connectivity index is 0.00000256. The van der Waals surface area contributed by atoms with Crippen molar-refractivity contribution >= 4 is 22.1 Å². The number of carbonyl (C=O) groups is 2. The maximum atomic E-state index is 10.8. The molecule has 0 atom stereocenters. The quantitative estimate of drug-likeness (QED) is 0.305. The number of aromatic carboxylic acids is 2. The van der Waals surface area contributed by atoms with Crippen LogP contribution in [0.25, 0.3) is 0 Å². The summed E-state index contributed by atoms with van der Waals surface area (Å²) in [7, 11) is -4.81. The van der Waals surface area contributed by atoms with Gasteiger partial charge in [0.25, 0.3) is 5.97 Å². The van der Waals surface area contributed by atoms with Gasteiger partial charge in [0.05, 0.1) is 0 Å². The van der Waals surface area contributed by atoms with Crippen molar-refractivity contribution in [2.24, 2.45) is 0 Å². The van der Waals surface area contributed by atoms with Crippen molar-refractivity contribution in [1.82, 2.24) is 0 Å². The van der Waals surface area contributed by atoms with Crippen LogP contribution in [0, 0.1) is 6.07 Å². The molecule has 0 saturated heterocycles. The van der Waals surface area contributed by atoms with Gasteiger partial charge in [0, 0.05) is 4.90 Å². The van der Waals surface area contributed by atoms with Crippen LogP contribution in [0.5, 0.6) is 0 Å². The molecule has 0 heterocycles. The molecule has 0 aliphatic rings. The van der Waals surface area contributed by atoms with Crippen LogP contribution in [0.2, 0.25) is 0 Å². The van der Waals surface area contributed by atoms with E-state index in [1.807, 2.05) is 0 Å². The molecule has 0 bridgehead atoms. The van der Waals surface area contributed by atoms with Gasteiger partial charge < -0.3 is 10.2 Å². The van der Waals surface area contributed by atoms with Crippen molar-refractivity contribution < 1.29 is 62.3 Å². The van der Waals surface area contributed by atoms with Gasteiger partial charge in [-0.3, -0.25) is 9.35 Å². The molecule has 86 valence electrons. The van der Waals surface area contributed by atoms with E-state index in [4.69, 9.17) is 14.8 Å². The number of rotatable bonds is 3. The minimum Gasteiger partial charge on any atom is -0.487 e. The predicted molar refractivity (Wildman–Crippen MR) is 49.0 cm³/mol. The molecule has 1 aromatic rings. The Labute approximate surface area is 118 Å². The van der Waals surface area contributed by atoms with Crippen LogP contribution in [0.1, 0.15) is 20.7 Å². The maximum Gasteiger partial charge on any atom is 1.00 e. The van der Waals surface area contributed by atoms with Crippen molar-refractivity contribution in [2.45, 2.75) is 4.90 Å². The second kappa shape index (κ2) is 5.61. The largest absolute Gasteiger partial charge is 1.00 e. The summed E-state index contributed by atoms with van der Waals surface area (Å²) in [5.74, 6) is -3.39. The number of hydrogen-bond acceptors (Lipinski definition) is 4. The molecule has 3 N–H and O–H groups in total. The predicted octanol–water partition coefficient (Wildman–Crippen LogP) is -2.87. The fraction of sp³-hybridized carbons (Fsp3) is 0. The molecular formula is C8H5NaO7S. The normalized spacial score (nSPS) is 10.4. The number of carboxylic acids is 2. The summed E-state index contributed by atoms with van der Waals surface area (Å²) in [5.41, 5.74) is -1.75. The monoisotopic (exact) mass is 268 g/mol. The molecule has 0 aromatic heterocycles. The summed E-state index contributed by atoms with van der Waals surface area (Å²) in [5, 5.41) is 17.4. The molecule has 0 fully saturated rings. The Kier molecular flexibility index (Phi) is 5.30. The third-order valence-corrected chi connectivity index (χ3v) is 2.56. The van der Waals surface area contributed by atoms with Crippen molar-refractivity contribution in [3.05, 3.63) is 29.3 Å². The van der Waals surface area contributed by atoms with E-state index in [9.17, 15) is 18.0 Å². The SMILES string of the molecule is O=C(O)c1c[c-]cc(S(=O)(=O)O)c1C(=O)O.[Na+]. The smallest absolute Gasteiger partial charge is 0.487 e. The van der Waals surface area contributed by atoms with Gasteiger partial charge in [-0.05, 0) is 11.1 Å². The van der Waals surface area contributed by atoms with Crippen molar-refractivity contribution in [3.63, 3.8) is 0 Å². The maximum absolute atomic E-state index is 10.8. The molecular weight excluding hydrogens is 263 g/mol. The molecule has 1 aromatic carbocycles. The third kappa shape index (κ3) is 3.51. The fourth-order valence-electron chi connectivity index (χ4n) is 1.07. The van der Waals surface area contributed by atoms with Crippen molar-refractivity contribution in [3.8, 4) is 0 Å². The van der Waals surface area contributed by atoms with Crippen LogP contribution in [-0.4, -0.2) is 35.1 Å².